The van der Waals surface area contributed by atoms with Crippen LogP contribution >= 0.6 is 0 Å². The molecule has 0 bridgehead atoms. The Bertz CT molecular complexity index is 1410. The number of carbonyl (C=O) groups excluding carboxylic acids is 3. The van der Waals surface area contributed by atoms with Crippen molar-refractivity contribution >= 4 is 17.9 Å². The topological polar surface area (TPSA) is 78.9 Å². The molecule has 0 saturated heterocycles. The first-order valence-corrected chi connectivity index (χ1v) is 23.0. The fraction of sp³-hybridized carbons (Fsp3) is 0.500. The van der Waals surface area contributed by atoms with E-state index in [2.05, 4.69) is 57.2 Å². The maximum atomic E-state index is 12.7. The van der Waals surface area contributed by atoms with Crippen LogP contribution < -0.4 is 0 Å². The first-order valence-electron chi connectivity index (χ1n) is 23.0. The van der Waals surface area contributed by atoms with Crippen LogP contribution in [0.25, 0.3) is 0 Å². The summed E-state index contributed by atoms with van der Waals surface area (Å²) in [6, 6.07) is 0. The molecule has 0 aliphatic carbocycles. The van der Waals surface area contributed by atoms with Crippen molar-refractivity contribution < 1.29 is 28.6 Å². The van der Waals surface area contributed by atoms with E-state index in [1.54, 1.807) is 0 Å². The zero-order valence-corrected chi connectivity index (χ0v) is 37.6. The number of unbranched alkanes of at least 4 members (excludes halogenated alkanes) is 12. The normalized spacial score (nSPS) is 13.4. The second-order valence-corrected chi connectivity index (χ2v) is 14.5. The predicted molar refractivity (Wildman–Crippen MR) is 255 cm³/mol. The van der Waals surface area contributed by atoms with Gasteiger partial charge in [-0.1, -0.05) is 212 Å². The highest BCUT2D eigenvalue weighted by atomic mass is 16.6. The number of carbonyl (C=O) groups is 3. The third-order valence-electron chi connectivity index (χ3n) is 8.84. The van der Waals surface area contributed by atoms with Crippen molar-refractivity contribution in [1.82, 2.24) is 0 Å². The molecule has 0 rings (SSSR count). The molecular formula is C54H80O6. The van der Waals surface area contributed by atoms with Crippen LogP contribution in [0.4, 0.5) is 0 Å². The van der Waals surface area contributed by atoms with Crippen LogP contribution in [0.3, 0.4) is 0 Å². The molecule has 0 aliphatic rings. The van der Waals surface area contributed by atoms with E-state index in [-0.39, 0.29) is 38.0 Å². The SMILES string of the molecule is CC/C=C/C=C/C=C/C=C/C=C/CCCC(=O)OCC(COC(=O)CCCCC/C=C/C=C/CCCCCCCCC)OC(=O)CCC/C=C/C=C/C=C/C=C/C=C/CC. The smallest absolute Gasteiger partial charge is 0.306 e. The highest BCUT2D eigenvalue weighted by Crippen LogP contribution is 2.10. The van der Waals surface area contributed by atoms with Crippen molar-refractivity contribution in [3.05, 3.63) is 146 Å². The van der Waals surface area contributed by atoms with Crippen LogP contribution in [0.15, 0.2) is 146 Å². The van der Waals surface area contributed by atoms with Gasteiger partial charge in [0.1, 0.15) is 13.2 Å². The van der Waals surface area contributed by atoms with Crippen molar-refractivity contribution in [3.63, 3.8) is 0 Å². The summed E-state index contributed by atoms with van der Waals surface area (Å²) in [5, 5.41) is 0. The molecule has 0 heterocycles. The van der Waals surface area contributed by atoms with Crippen molar-refractivity contribution in [2.24, 2.45) is 0 Å². The van der Waals surface area contributed by atoms with Gasteiger partial charge in [-0.25, -0.2) is 0 Å². The molecule has 0 aromatic carbocycles. The Kier molecular flexibility index (Phi) is 43.3. The van der Waals surface area contributed by atoms with Crippen LogP contribution in [-0.2, 0) is 28.6 Å². The quantitative estimate of drug-likeness (QED) is 0.0267. The lowest BCUT2D eigenvalue weighted by atomic mass is 10.1. The summed E-state index contributed by atoms with van der Waals surface area (Å²) in [6.07, 6.45) is 67.0. The zero-order chi connectivity index (χ0) is 43.7. The molecule has 0 aliphatic heterocycles. The highest BCUT2D eigenvalue weighted by molar-refractivity contribution is 5.71. The molecule has 332 valence electrons. The number of allylic oxidation sites excluding steroid dienone is 24. The molecule has 0 fully saturated rings. The standard InChI is InChI=1S/C54H80O6/c1-4-7-10-13-16-19-22-25-26-27-30-32-35-38-41-44-47-53(56)59-50-51(60-54(57)48-45-42-39-36-33-29-24-21-18-15-12-9-6-3)49-58-52(55)46-43-40-37-34-31-28-23-20-17-14-11-8-5-2/h8-9,11-12,14-15,17-18,20-21,23-24,26-34,36-37,39,51H,4-7,10,13,16,19,22,25,35,38,40-50H2,1-3H3/b11-8+,12-9+,17-14+,18-15+,23-20+,24-21+,27-26+,31-28+,32-30+,33-29+,37-34+,39-36+. The molecule has 0 spiro atoms. The van der Waals surface area contributed by atoms with Crippen molar-refractivity contribution in [2.75, 3.05) is 13.2 Å². The van der Waals surface area contributed by atoms with Gasteiger partial charge in [-0.05, 0) is 70.6 Å². The summed E-state index contributed by atoms with van der Waals surface area (Å²) in [4.78, 5) is 37.7. The molecule has 6 heteroatoms. The molecule has 0 aromatic heterocycles. The van der Waals surface area contributed by atoms with E-state index >= 15 is 0 Å². The Hall–Kier alpha value is -4.71. The molecule has 0 amide bonds. The molecule has 6 nitrogen and oxygen atoms in total. The Morgan fingerprint density at radius 2 is 0.667 bits per heavy atom. The van der Waals surface area contributed by atoms with Crippen LogP contribution in [0.1, 0.15) is 156 Å². The van der Waals surface area contributed by atoms with Crippen molar-refractivity contribution in [1.29, 1.82) is 0 Å². The van der Waals surface area contributed by atoms with E-state index in [1.807, 2.05) is 109 Å². The zero-order valence-electron chi connectivity index (χ0n) is 37.6. The summed E-state index contributed by atoms with van der Waals surface area (Å²) in [5.41, 5.74) is 0. The molecule has 1 unspecified atom stereocenters. The summed E-state index contributed by atoms with van der Waals surface area (Å²) in [5.74, 6) is -1.14. The number of hydrogen-bond acceptors (Lipinski definition) is 6. The van der Waals surface area contributed by atoms with Gasteiger partial charge in [-0.2, -0.15) is 0 Å². The van der Waals surface area contributed by atoms with Gasteiger partial charge in [0.25, 0.3) is 0 Å². The van der Waals surface area contributed by atoms with Crippen LogP contribution in [0.5, 0.6) is 0 Å². The summed E-state index contributed by atoms with van der Waals surface area (Å²) in [6.45, 7) is 6.15. The Morgan fingerprint density at radius 1 is 0.350 bits per heavy atom. The number of hydrogen-bond donors (Lipinski definition) is 0. The van der Waals surface area contributed by atoms with E-state index in [0.29, 0.717) is 25.7 Å². The minimum absolute atomic E-state index is 0.150. The fourth-order valence-electron chi connectivity index (χ4n) is 5.43. The van der Waals surface area contributed by atoms with E-state index in [1.165, 1.54) is 44.9 Å². The summed E-state index contributed by atoms with van der Waals surface area (Å²) < 4.78 is 16.5. The van der Waals surface area contributed by atoms with Gasteiger partial charge in [0.05, 0.1) is 0 Å². The molecule has 0 saturated carbocycles. The monoisotopic (exact) mass is 825 g/mol. The maximum Gasteiger partial charge on any atom is 0.306 e. The van der Waals surface area contributed by atoms with Gasteiger partial charge < -0.3 is 14.2 Å². The first-order chi connectivity index (χ1) is 29.5. The highest BCUT2D eigenvalue weighted by Gasteiger charge is 2.19. The number of rotatable bonds is 38. The lowest BCUT2D eigenvalue weighted by Crippen LogP contribution is -2.30. The average molecular weight is 825 g/mol. The Labute approximate surface area is 366 Å². The average Bonchev–Trinajstić information content (AvgIpc) is 3.24. The summed E-state index contributed by atoms with van der Waals surface area (Å²) in [7, 11) is 0. The van der Waals surface area contributed by atoms with Gasteiger partial charge >= 0.3 is 17.9 Å². The lowest BCUT2D eigenvalue weighted by molar-refractivity contribution is -0.167. The third-order valence-corrected chi connectivity index (χ3v) is 8.84. The van der Waals surface area contributed by atoms with E-state index in [4.69, 9.17) is 14.2 Å². The van der Waals surface area contributed by atoms with E-state index in [0.717, 1.165) is 51.4 Å². The Balaban J connectivity index is 4.67. The van der Waals surface area contributed by atoms with Crippen LogP contribution in [0, 0.1) is 0 Å². The van der Waals surface area contributed by atoms with Crippen molar-refractivity contribution in [3.8, 4) is 0 Å². The van der Waals surface area contributed by atoms with Crippen LogP contribution in [-0.4, -0.2) is 37.2 Å². The van der Waals surface area contributed by atoms with Gasteiger partial charge in [0.15, 0.2) is 6.10 Å². The van der Waals surface area contributed by atoms with Gasteiger partial charge in [-0.15, -0.1) is 0 Å². The fourth-order valence-corrected chi connectivity index (χ4v) is 5.43. The molecule has 60 heavy (non-hydrogen) atoms. The lowest BCUT2D eigenvalue weighted by Gasteiger charge is -2.18. The molecule has 0 radical (unpaired) electrons. The largest absolute Gasteiger partial charge is 0.462 e. The molecular weight excluding hydrogens is 745 g/mol. The van der Waals surface area contributed by atoms with Gasteiger partial charge in [-0.3, -0.25) is 14.4 Å². The molecule has 0 aromatic rings. The predicted octanol–water partition coefficient (Wildman–Crippen LogP) is 14.9. The number of esters is 3. The van der Waals surface area contributed by atoms with Gasteiger partial charge in [0, 0.05) is 19.3 Å². The van der Waals surface area contributed by atoms with E-state index < -0.39 is 12.1 Å². The third kappa shape index (κ3) is 44.4. The summed E-state index contributed by atoms with van der Waals surface area (Å²) >= 11 is 0. The van der Waals surface area contributed by atoms with Gasteiger partial charge in [0.2, 0.25) is 0 Å². The Morgan fingerprint density at radius 3 is 1.10 bits per heavy atom. The minimum Gasteiger partial charge on any atom is -0.462 e. The second kappa shape index (κ2) is 47.0. The number of ether oxygens (including phenoxy) is 3. The van der Waals surface area contributed by atoms with E-state index in [9.17, 15) is 14.4 Å². The van der Waals surface area contributed by atoms with Crippen LogP contribution in [0.2, 0.25) is 0 Å². The second-order valence-electron chi connectivity index (χ2n) is 14.5. The van der Waals surface area contributed by atoms with Crippen molar-refractivity contribution in [2.45, 2.75) is 162 Å². The maximum absolute atomic E-state index is 12.7. The minimum atomic E-state index is -0.859. The molecule has 0 N–H and O–H groups in total. The molecule has 1 atom stereocenters. The first kappa shape index (κ1) is 55.3.